The van der Waals surface area contributed by atoms with Crippen molar-refractivity contribution in [1.82, 2.24) is 9.97 Å². The lowest BCUT2D eigenvalue weighted by atomic mass is 10.8. The molecular formula is C4H4Cl2N2O3S. The zero-order valence-electron chi connectivity index (χ0n) is 5.51. The summed E-state index contributed by atoms with van der Waals surface area (Å²) in [6.07, 6.45) is 2.34. The molecule has 0 atom stereocenters. The Morgan fingerprint density at radius 3 is 2.17 bits per heavy atom. The maximum absolute atomic E-state index is 10.4. The normalized spacial score (nSPS) is 10.5. The molecule has 0 saturated carbocycles. The molecule has 1 heterocycles. The molecule has 1 rings (SSSR count). The smallest absolute Gasteiger partial charge is 0.281 e. The maximum atomic E-state index is 10.4. The van der Waals surface area contributed by atoms with Crippen LogP contribution in [-0.2, 0) is 10.1 Å². The topological polar surface area (TPSA) is 80.2 Å². The van der Waals surface area contributed by atoms with Crippen LogP contribution in [0.4, 0.5) is 0 Å². The summed E-state index contributed by atoms with van der Waals surface area (Å²) in [6, 6.07) is 0. The Hall–Kier alpha value is -0.430. The van der Waals surface area contributed by atoms with Gasteiger partial charge in [-0.25, -0.2) is 9.97 Å². The first-order valence-electron chi connectivity index (χ1n) is 2.46. The number of halogens is 2. The summed E-state index contributed by atoms with van der Waals surface area (Å²) >= 11 is 5.30. The molecule has 0 bridgehead atoms. The predicted molar refractivity (Wildman–Crippen MR) is 44.1 cm³/mol. The minimum atomic E-state index is -4.34. The summed E-state index contributed by atoms with van der Waals surface area (Å²) in [7, 11) is -4.34. The fourth-order valence-corrected chi connectivity index (χ4v) is 1.34. The number of nitrogens with zero attached hydrogens (tertiary/aromatic N) is 2. The lowest BCUT2D eigenvalue weighted by Gasteiger charge is -1.94. The summed E-state index contributed by atoms with van der Waals surface area (Å²) in [5.41, 5.74) is 0. The van der Waals surface area contributed by atoms with Gasteiger partial charge in [-0.2, -0.15) is 8.42 Å². The van der Waals surface area contributed by atoms with E-state index >= 15 is 0 Å². The lowest BCUT2D eigenvalue weighted by Crippen LogP contribution is -2.02. The minimum absolute atomic E-state index is 0. The molecule has 5 nitrogen and oxygen atoms in total. The Labute approximate surface area is 80.0 Å². The van der Waals surface area contributed by atoms with Crippen LogP contribution >= 0.6 is 24.0 Å². The van der Waals surface area contributed by atoms with Crippen LogP contribution < -0.4 is 0 Å². The molecule has 0 radical (unpaired) electrons. The van der Waals surface area contributed by atoms with Crippen LogP contribution in [0.25, 0.3) is 0 Å². The van der Waals surface area contributed by atoms with Gasteiger partial charge >= 0.3 is 10.1 Å². The highest BCUT2D eigenvalue weighted by Gasteiger charge is 2.15. The summed E-state index contributed by atoms with van der Waals surface area (Å²) < 4.78 is 29.3. The van der Waals surface area contributed by atoms with Gasteiger partial charge in [0.2, 0.25) is 5.03 Å². The van der Waals surface area contributed by atoms with Crippen molar-refractivity contribution in [2.24, 2.45) is 0 Å². The fraction of sp³-hybridized carbons (Fsp3) is 0. The van der Waals surface area contributed by atoms with Crippen LogP contribution in [0, 0.1) is 0 Å². The monoisotopic (exact) mass is 230 g/mol. The van der Waals surface area contributed by atoms with Crippen LogP contribution in [0.3, 0.4) is 0 Å². The Morgan fingerprint density at radius 2 is 1.83 bits per heavy atom. The molecule has 0 amide bonds. The van der Waals surface area contributed by atoms with E-state index in [9.17, 15) is 8.42 Å². The molecule has 0 saturated heterocycles. The van der Waals surface area contributed by atoms with Crippen LogP contribution in [-0.4, -0.2) is 22.9 Å². The third-order valence-electron chi connectivity index (χ3n) is 0.867. The molecule has 12 heavy (non-hydrogen) atoms. The first-order valence-corrected chi connectivity index (χ1v) is 4.27. The molecule has 0 fully saturated rings. The zero-order chi connectivity index (χ0) is 8.48. The van der Waals surface area contributed by atoms with E-state index in [0.717, 1.165) is 6.20 Å². The van der Waals surface area contributed by atoms with Gasteiger partial charge in [-0.15, -0.1) is 12.4 Å². The standard InChI is InChI=1S/C4H3ClN2O3S.ClH/c5-3-4(11(8,9)10)7-2-1-6-3;/h1-2H,(H,8,9,10);1H. The SMILES string of the molecule is Cl.O=S(=O)(O)c1nccnc1Cl. The number of hydrogen-bond donors (Lipinski definition) is 1. The number of rotatable bonds is 1. The van der Waals surface area contributed by atoms with E-state index in [4.69, 9.17) is 16.2 Å². The van der Waals surface area contributed by atoms with Gasteiger partial charge in [-0.3, -0.25) is 4.55 Å². The van der Waals surface area contributed by atoms with Crippen molar-refractivity contribution >= 4 is 34.1 Å². The van der Waals surface area contributed by atoms with Gasteiger partial charge in [0.05, 0.1) is 0 Å². The second kappa shape index (κ2) is 3.99. The van der Waals surface area contributed by atoms with Gasteiger partial charge < -0.3 is 0 Å². The van der Waals surface area contributed by atoms with Gasteiger partial charge in [0.15, 0.2) is 5.15 Å². The van der Waals surface area contributed by atoms with Crippen LogP contribution in [0.5, 0.6) is 0 Å². The Morgan fingerprint density at radius 1 is 1.33 bits per heavy atom. The van der Waals surface area contributed by atoms with E-state index < -0.39 is 15.1 Å². The summed E-state index contributed by atoms with van der Waals surface area (Å²) in [4.78, 5) is 6.73. The lowest BCUT2D eigenvalue weighted by molar-refractivity contribution is 0.479. The molecule has 0 aromatic carbocycles. The van der Waals surface area contributed by atoms with Gasteiger partial charge in [0.1, 0.15) is 0 Å². The summed E-state index contributed by atoms with van der Waals surface area (Å²) in [6.45, 7) is 0. The van der Waals surface area contributed by atoms with Crippen molar-refractivity contribution in [2.45, 2.75) is 5.03 Å². The number of hydrogen-bond acceptors (Lipinski definition) is 4. The second-order valence-electron chi connectivity index (χ2n) is 1.63. The highest BCUT2D eigenvalue weighted by atomic mass is 35.5. The van der Waals surface area contributed by atoms with E-state index in [2.05, 4.69) is 9.97 Å². The first-order chi connectivity index (χ1) is 5.02. The average Bonchev–Trinajstić information content (AvgIpc) is 1.86. The Bertz CT molecular complexity index is 366. The van der Waals surface area contributed by atoms with Crippen molar-refractivity contribution in [3.8, 4) is 0 Å². The highest BCUT2D eigenvalue weighted by Crippen LogP contribution is 2.13. The Balaban J connectivity index is 0.00000121. The van der Waals surface area contributed by atoms with Gasteiger partial charge in [0.25, 0.3) is 0 Å². The molecule has 1 N–H and O–H groups in total. The maximum Gasteiger partial charge on any atom is 0.315 e. The largest absolute Gasteiger partial charge is 0.315 e. The van der Waals surface area contributed by atoms with Crippen molar-refractivity contribution in [1.29, 1.82) is 0 Å². The Kier molecular flexibility index (Phi) is 3.85. The van der Waals surface area contributed by atoms with Crippen molar-refractivity contribution in [2.75, 3.05) is 0 Å². The highest BCUT2D eigenvalue weighted by molar-refractivity contribution is 7.85. The molecule has 0 unspecified atom stereocenters. The second-order valence-corrected chi connectivity index (χ2v) is 3.32. The van der Waals surface area contributed by atoms with Gasteiger partial charge in [0, 0.05) is 12.4 Å². The van der Waals surface area contributed by atoms with Crippen molar-refractivity contribution in [3.05, 3.63) is 17.5 Å². The van der Waals surface area contributed by atoms with E-state index in [1.807, 2.05) is 0 Å². The fourth-order valence-electron chi connectivity index (χ4n) is 0.481. The van der Waals surface area contributed by atoms with E-state index in [1.54, 1.807) is 0 Å². The summed E-state index contributed by atoms with van der Waals surface area (Å²) in [5, 5.41) is -0.961. The van der Waals surface area contributed by atoms with E-state index in [1.165, 1.54) is 6.20 Å². The third-order valence-corrected chi connectivity index (χ3v) is 2.04. The molecule has 8 heteroatoms. The predicted octanol–water partition coefficient (Wildman–Crippen LogP) is 0.798. The van der Waals surface area contributed by atoms with Crippen molar-refractivity contribution in [3.63, 3.8) is 0 Å². The third kappa shape index (κ3) is 2.56. The molecule has 0 spiro atoms. The first kappa shape index (κ1) is 11.6. The van der Waals surface area contributed by atoms with E-state index in [-0.39, 0.29) is 17.6 Å². The molecule has 0 aliphatic carbocycles. The van der Waals surface area contributed by atoms with E-state index in [0.29, 0.717) is 0 Å². The van der Waals surface area contributed by atoms with Crippen molar-refractivity contribution < 1.29 is 13.0 Å². The molecule has 0 aliphatic heterocycles. The number of aromatic nitrogens is 2. The van der Waals surface area contributed by atoms with Crippen LogP contribution in [0.1, 0.15) is 0 Å². The van der Waals surface area contributed by atoms with Crippen LogP contribution in [0.15, 0.2) is 17.4 Å². The summed E-state index contributed by atoms with van der Waals surface area (Å²) in [5.74, 6) is 0. The zero-order valence-corrected chi connectivity index (χ0v) is 7.90. The van der Waals surface area contributed by atoms with Gasteiger partial charge in [-0.05, 0) is 0 Å². The molecule has 1 aromatic rings. The van der Waals surface area contributed by atoms with Gasteiger partial charge in [-0.1, -0.05) is 11.6 Å². The average molecular weight is 231 g/mol. The molecular weight excluding hydrogens is 227 g/mol. The molecule has 68 valence electrons. The van der Waals surface area contributed by atoms with Crippen LogP contribution in [0.2, 0.25) is 5.15 Å². The molecule has 0 aliphatic rings. The molecule has 1 aromatic heterocycles. The quantitative estimate of drug-likeness (QED) is 0.723. The minimum Gasteiger partial charge on any atom is -0.281 e.